The fourth-order valence-corrected chi connectivity index (χ4v) is 5.71. The van der Waals surface area contributed by atoms with Gasteiger partial charge >= 0.3 is 0 Å². The number of carbonyl (C=O) groups excluding carboxylic acids is 1. The van der Waals surface area contributed by atoms with Gasteiger partial charge in [0.1, 0.15) is 5.69 Å². The molecular weight excluding hydrogens is 450 g/mol. The topological polar surface area (TPSA) is 91.6 Å². The highest BCUT2D eigenvalue weighted by atomic mass is 32.1. The molecule has 0 saturated carbocycles. The zero-order chi connectivity index (χ0) is 23.5. The predicted molar refractivity (Wildman–Crippen MR) is 133 cm³/mol. The lowest BCUT2D eigenvalue weighted by atomic mass is 10.1. The maximum atomic E-state index is 12.9. The van der Waals surface area contributed by atoms with Gasteiger partial charge in [0.15, 0.2) is 5.13 Å². The molecule has 0 unspecified atom stereocenters. The maximum Gasteiger partial charge on any atom is 0.293 e. The Balaban J connectivity index is 1.28. The van der Waals surface area contributed by atoms with Crippen LogP contribution in [0.1, 0.15) is 45.8 Å². The minimum Gasteiger partial charge on any atom is -0.366 e. The number of rotatable bonds is 6. The molecule has 1 N–H and O–H groups in total. The van der Waals surface area contributed by atoms with E-state index in [2.05, 4.69) is 39.5 Å². The number of hydrogen-bond acceptors (Lipinski definition) is 7. The van der Waals surface area contributed by atoms with Crippen LogP contribution in [0.5, 0.6) is 0 Å². The summed E-state index contributed by atoms with van der Waals surface area (Å²) in [5, 5.41) is 15.1. The van der Waals surface area contributed by atoms with Crippen molar-refractivity contribution >= 4 is 33.8 Å². The first-order valence-corrected chi connectivity index (χ1v) is 12.5. The van der Waals surface area contributed by atoms with E-state index in [4.69, 9.17) is 0 Å². The van der Waals surface area contributed by atoms with Crippen molar-refractivity contribution in [1.29, 1.82) is 0 Å². The lowest BCUT2D eigenvalue weighted by Gasteiger charge is -2.28. The number of nitro benzene ring substituents is 1. The van der Waals surface area contributed by atoms with Gasteiger partial charge in [-0.3, -0.25) is 25.1 Å². The van der Waals surface area contributed by atoms with Gasteiger partial charge in [0.2, 0.25) is 0 Å². The van der Waals surface area contributed by atoms with Crippen molar-refractivity contribution in [2.24, 2.45) is 0 Å². The van der Waals surface area contributed by atoms with E-state index in [9.17, 15) is 14.9 Å². The molecule has 1 fully saturated rings. The normalized spacial score (nSPS) is 16.2. The van der Waals surface area contributed by atoms with Gasteiger partial charge in [0.25, 0.3) is 11.6 Å². The largest absolute Gasteiger partial charge is 0.366 e. The molecule has 3 heterocycles. The van der Waals surface area contributed by atoms with Crippen molar-refractivity contribution in [3.63, 3.8) is 0 Å². The van der Waals surface area contributed by atoms with Crippen molar-refractivity contribution in [2.45, 2.75) is 38.8 Å². The Morgan fingerprint density at radius 3 is 2.65 bits per heavy atom. The van der Waals surface area contributed by atoms with Crippen LogP contribution in [0.15, 0.2) is 48.5 Å². The summed E-state index contributed by atoms with van der Waals surface area (Å²) in [6.45, 7) is 4.21. The molecule has 5 rings (SSSR count). The van der Waals surface area contributed by atoms with Crippen molar-refractivity contribution in [1.82, 2.24) is 9.88 Å². The number of piperidine rings is 1. The molecule has 1 saturated heterocycles. The summed E-state index contributed by atoms with van der Waals surface area (Å²) in [6, 6.07) is 15.1. The molecule has 0 aliphatic carbocycles. The fourth-order valence-electron chi connectivity index (χ4n) is 4.66. The third-order valence-electron chi connectivity index (χ3n) is 6.41. The lowest BCUT2D eigenvalue weighted by Crippen LogP contribution is -2.30. The number of fused-ring (bicyclic) bond motifs is 1. The third kappa shape index (κ3) is 4.95. The predicted octanol–water partition coefficient (Wildman–Crippen LogP) is 4.85. The lowest BCUT2D eigenvalue weighted by molar-refractivity contribution is -0.384. The van der Waals surface area contributed by atoms with Crippen LogP contribution in [-0.4, -0.2) is 40.3 Å². The highest BCUT2D eigenvalue weighted by molar-refractivity contribution is 7.15. The molecule has 2 aliphatic heterocycles. The Bertz CT molecular complexity index is 1190. The highest BCUT2D eigenvalue weighted by Crippen LogP contribution is 2.33. The number of hydrogen-bond donors (Lipinski definition) is 1. The summed E-state index contributed by atoms with van der Waals surface area (Å²) >= 11 is 1.48. The molecule has 176 valence electrons. The Morgan fingerprint density at radius 1 is 1.09 bits per heavy atom. The second kappa shape index (κ2) is 9.90. The molecule has 1 amide bonds. The van der Waals surface area contributed by atoms with E-state index in [-0.39, 0.29) is 17.2 Å². The van der Waals surface area contributed by atoms with Crippen LogP contribution in [0.25, 0.3) is 0 Å². The summed E-state index contributed by atoms with van der Waals surface area (Å²) < 4.78 is 0. The Labute approximate surface area is 202 Å². The minimum atomic E-state index is -0.399. The molecule has 3 aromatic rings. The summed E-state index contributed by atoms with van der Waals surface area (Å²) in [7, 11) is 0. The van der Waals surface area contributed by atoms with Gasteiger partial charge in [-0.25, -0.2) is 4.98 Å². The molecule has 9 heteroatoms. The zero-order valence-corrected chi connectivity index (χ0v) is 19.7. The number of anilines is 2. The van der Waals surface area contributed by atoms with Crippen LogP contribution in [0, 0.1) is 10.1 Å². The van der Waals surface area contributed by atoms with E-state index in [0.29, 0.717) is 10.8 Å². The number of carbonyl (C=O) groups is 1. The van der Waals surface area contributed by atoms with E-state index in [0.717, 1.165) is 69.0 Å². The van der Waals surface area contributed by atoms with Gasteiger partial charge in [-0.15, -0.1) is 11.3 Å². The molecule has 2 aromatic carbocycles. The summed E-state index contributed by atoms with van der Waals surface area (Å²) in [5.74, 6) is -0.375. The number of nitrogens with one attached hydrogen (secondary N) is 1. The summed E-state index contributed by atoms with van der Waals surface area (Å²) in [6.07, 6.45) is 4.03. The van der Waals surface area contributed by atoms with E-state index in [1.165, 1.54) is 23.0 Å². The summed E-state index contributed by atoms with van der Waals surface area (Å²) in [5.41, 5.74) is 3.13. The van der Waals surface area contributed by atoms with Gasteiger partial charge in [0, 0.05) is 55.7 Å². The molecule has 0 radical (unpaired) electrons. The molecular formula is C25H27N5O3S. The number of aromatic nitrogens is 1. The standard InChI is InChI=1S/C25H27N5O3S/c31-24(19-9-10-21(22(15-19)30(32)33)29-12-5-2-6-13-29)27-25-26-20-11-14-28(17-23(20)34-25)16-18-7-3-1-4-8-18/h1,3-4,7-10,15H,2,5-6,11-14,16-17H2,(H,26,27,31). The number of amides is 1. The van der Waals surface area contributed by atoms with Gasteiger partial charge in [0.05, 0.1) is 10.6 Å². The second-order valence-electron chi connectivity index (χ2n) is 8.80. The molecule has 0 atom stereocenters. The van der Waals surface area contributed by atoms with E-state index in [1.54, 1.807) is 12.1 Å². The molecule has 1 aromatic heterocycles. The van der Waals surface area contributed by atoms with Crippen LogP contribution < -0.4 is 10.2 Å². The summed E-state index contributed by atoms with van der Waals surface area (Å²) in [4.78, 5) is 34.4. The van der Waals surface area contributed by atoms with Gasteiger partial charge in [-0.2, -0.15) is 0 Å². The second-order valence-corrected chi connectivity index (χ2v) is 9.88. The van der Waals surface area contributed by atoms with E-state index >= 15 is 0 Å². The Kier molecular flexibility index (Phi) is 6.55. The first-order chi connectivity index (χ1) is 16.6. The number of nitro groups is 1. The first kappa shape index (κ1) is 22.5. The maximum absolute atomic E-state index is 12.9. The van der Waals surface area contributed by atoms with Gasteiger partial charge < -0.3 is 4.90 Å². The van der Waals surface area contributed by atoms with Gasteiger partial charge in [-0.05, 0) is 37.0 Å². The number of nitrogens with zero attached hydrogens (tertiary/aromatic N) is 4. The SMILES string of the molecule is O=C(Nc1nc2c(s1)CN(Cc1ccccc1)CC2)c1ccc(N2CCCCC2)c([N+](=O)[O-])c1. The highest BCUT2D eigenvalue weighted by Gasteiger charge is 2.25. The minimum absolute atomic E-state index is 0.0236. The quantitative estimate of drug-likeness (QED) is 0.403. The van der Waals surface area contributed by atoms with Crippen molar-refractivity contribution in [3.05, 3.63) is 80.3 Å². The third-order valence-corrected chi connectivity index (χ3v) is 7.41. The fraction of sp³-hybridized carbons (Fsp3) is 0.360. The molecule has 8 nitrogen and oxygen atoms in total. The molecule has 0 spiro atoms. The van der Waals surface area contributed by atoms with Crippen LogP contribution in [0.4, 0.5) is 16.5 Å². The van der Waals surface area contributed by atoms with Gasteiger partial charge in [-0.1, -0.05) is 30.3 Å². The monoisotopic (exact) mass is 477 g/mol. The number of thiazole rings is 1. The molecule has 34 heavy (non-hydrogen) atoms. The van der Waals surface area contributed by atoms with Crippen molar-refractivity contribution in [2.75, 3.05) is 29.9 Å². The van der Waals surface area contributed by atoms with Crippen molar-refractivity contribution < 1.29 is 9.72 Å². The van der Waals surface area contributed by atoms with Crippen LogP contribution in [-0.2, 0) is 19.5 Å². The Morgan fingerprint density at radius 2 is 1.88 bits per heavy atom. The van der Waals surface area contributed by atoms with E-state index in [1.807, 2.05) is 11.0 Å². The van der Waals surface area contributed by atoms with Crippen LogP contribution >= 0.6 is 11.3 Å². The van der Waals surface area contributed by atoms with Crippen LogP contribution in [0.2, 0.25) is 0 Å². The first-order valence-electron chi connectivity index (χ1n) is 11.7. The van der Waals surface area contributed by atoms with Crippen molar-refractivity contribution in [3.8, 4) is 0 Å². The molecule has 2 aliphatic rings. The molecule has 0 bridgehead atoms. The zero-order valence-electron chi connectivity index (χ0n) is 18.9. The van der Waals surface area contributed by atoms with Crippen LogP contribution in [0.3, 0.4) is 0 Å². The average molecular weight is 478 g/mol. The average Bonchev–Trinajstić information content (AvgIpc) is 3.26. The Hall–Kier alpha value is -3.30. The number of benzene rings is 2. The van der Waals surface area contributed by atoms with E-state index < -0.39 is 4.92 Å². The smallest absolute Gasteiger partial charge is 0.293 e.